The van der Waals surface area contributed by atoms with E-state index >= 15 is 0 Å². The van der Waals surface area contributed by atoms with E-state index in [9.17, 15) is 0 Å². The van der Waals surface area contributed by atoms with Crippen LogP contribution in [0.25, 0.3) is 0 Å². The Bertz CT molecular complexity index is 717. The highest BCUT2D eigenvalue weighted by Gasteiger charge is 2.25. The topological polar surface area (TPSA) is 43.8 Å². The lowest BCUT2D eigenvalue weighted by molar-refractivity contribution is 0.486. The van der Waals surface area contributed by atoms with E-state index in [0.717, 1.165) is 31.4 Å². The van der Waals surface area contributed by atoms with Crippen molar-refractivity contribution < 1.29 is 0 Å². The number of anilines is 1. The first-order valence-electron chi connectivity index (χ1n) is 8.80. The molecule has 1 aliphatic heterocycles. The first-order chi connectivity index (χ1) is 12.2. The molecule has 5 nitrogen and oxygen atoms in total. The Balaban J connectivity index is 0.00000243. The van der Waals surface area contributed by atoms with Crippen LogP contribution in [0, 0.1) is 0 Å². The van der Waals surface area contributed by atoms with Crippen LogP contribution in [0.4, 0.5) is 5.82 Å². The molecule has 2 heterocycles. The fourth-order valence-corrected chi connectivity index (χ4v) is 3.28. The minimum atomic E-state index is 0. The number of benzene rings is 1. The number of halogens is 1. The summed E-state index contributed by atoms with van der Waals surface area (Å²) in [7, 11) is 5.87. The van der Waals surface area contributed by atoms with E-state index < -0.39 is 0 Å². The zero-order chi connectivity index (χ0) is 17.6. The minimum Gasteiger partial charge on any atom is -0.363 e. The molecule has 1 fully saturated rings. The summed E-state index contributed by atoms with van der Waals surface area (Å²) < 4.78 is 0. The molecule has 0 bridgehead atoms. The molecule has 0 saturated carbocycles. The Morgan fingerprint density at radius 3 is 2.73 bits per heavy atom. The third-order valence-electron chi connectivity index (χ3n) is 4.69. The van der Waals surface area contributed by atoms with Gasteiger partial charge in [0.2, 0.25) is 0 Å². The molecule has 0 radical (unpaired) electrons. The third-order valence-corrected chi connectivity index (χ3v) is 4.69. The average molecular weight is 465 g/mol. The molecule has 1 aromatic carbocycles. The van der Waals surface area contributed by atoms with Crippen LogP contribution in [0.3, 0.4) is 0 Å². The predicted molar refractivity (Wildman–Crippen MR) is 120 cm³/mol. The van der Waals surface area contributed by atoms with Crippen LogP contribution in [0.2, 0.25) is 0 Å². The van der Waals surface area contributed by atoms with E-state index in [1.54, 1.807) is 0 Å². The molecule has 1 N–H and O–H groups in total. The summed E-state index contributed by atoms with van der Waals surface area (Å²) in [5.41, 5.74) is 2.63. The summed E-state index contributed by atoms with van der Waals surface area (Å²) in [5.74, 6) is 2.53. The van der Waals surface area contributed by atoms with E-state index in [4.69, 9.17) is 0 Å². The summed E-state index contributed by atoms with van der Waals surface area (Å²) in [6.07, 6.45) is 3.03. The second-order valence-corrected chi connectivity index (χ2v) is 6.66. The Hall–Kier alpha value is -1.83. The Labute approximate surface area is 173 Å². The molecule has 1 aromatic heterocycles. The fourth-order valence-electron chi connectivity index (χ4n) is 3.28. The van der Waals surface area contributed by atoms with Crippen LogP contribution in [0.1, 0.15) is 23.5 Å². The van der Waals surface area contributed by atoms with Gasteiger partial charge in [-0.05, 0) is 29.7 Å². The highest BCUT2D eigenvalue weighted by atomic mass is 127. The van der Waals surface area contributed by atoms with Crippen molar-refractivity contribution in [3.05, 3.63) is 59.8 Å². The van der Waals surface area contributed by atoms with Gasteiger partial charge in [-0.3, -0.25) is 4.99 Å². The predicted octanol–water partition coefficient (Wildman–Crippen LogP) is 3.33. The second-order valence-electron chi connectivity index (χ2n) is 6.66. The molecular formula is C20H28IN5. The fraction of sp³-hybridized carbons (Fsp3) is 0.400. The molecular weight excluding hydrogens is 437 g/mol. The maximum atomic E-state index is 4.48. The van der Waals surface area contributed by atoms with Crippen LogP contribution >= 0.6 is 24.0 Å². The van der Waals surface area contributed by atoms with Crippen molar-refractivity contribution in [3.63, 3.8) is 0 Å². The van der Waals surface area contributed by atoms with Gasteiger partial charge in [0.25, 0.3) is 0 Å². The SMILES string of the molecule is CN=C(NCc1ccnc(N(C)C)c1)N1CCC(c2ccccc2)C1.I. The molecule has 2 aromatic rings. The molecule has 140 valence electrons. The van der Waals surface area contributed by atoms with Crippen LogP contribution < -0.4 is 10.2 Å². The molecule has 0 spiro atoms. The summed E-state index contributed by atoms with van der Waals surface area (Å²) in [5, 5.41) is 3.50. The van der Waals surface area contributed by atoms with Crippen molar-refractivity contribution in [1.29, 1.82) is 0 Å². The van der Waals surface area contributed by atoms with Crippen molar-refractivity contribution in [2.45, 2.75) is 18.9 Å². The number of hydrogen-bond donors (Lipinski definition) is 1. The normalized spacial score (nSPS) is 17.0. The molecule has 1 unspecified atom stereocenters. The summed E-state index contributed by atoms with van der Waals surface area (Å²) in [6.45, 7) is 2.81. The van der Waals surface area contributed by atoms with Crippen molar-refractivity contribution in [2.75, 3.05) is 39.1 Å². The van der Waals surface area contributed by atoms with Gasteiger partial charge in [0.05, 0.1) is 0 Å². The molecule has 1 aliphatic rings. The smallest absolute Gasteiger partial charge is 0.193 e. The number of nitrogens with zero attached hydrogens (tertiary/aromatic N) is 4. The maximum Gasteiger partial charge on any atom is 0.193 e. The Kier molecular flexibility index (Phi) is 7.68. The lowest BCUT2D eigenvalue weighted by Crippen LogP contribution is -2.39. The summed E-state index contributed by atoms with van der Waals surface area (Å²) in [4.78, 5) is 13.2. The largest absolute Gasteiger partial charge is 0.363 e. The van der Waals surface area contributed by atoms with E-state index in [1.165, 1.54) is 17.5 Å². The second kappa shape index (κ2) is 9.75. The van der Waals surface area contributed by atoms with Gasteiger partial charge in [-0.25, -0.2) is 4.98 Å². The van der Waals surface area contributed by atoms with Gasteiger partial charge < -0.3 is 15.1 Å². The van der Waals surface area contributed by atoms with Crippen molar-refractivity contribution in [1.82, 2.24) is 15.2 Å². The van der Waals surface area contributed by atoms with E-state index in [2.05, 4.69) is 56.6 Å². The monoisotopic (exact) mass is 465 g/mol. The quantitative estimate of drug-likeness (QED) is 0.428. The lowest BCUT2D eigenvalue weighted by Gasteiger charge is -2.22. The van der Waals surface area contributed by atoms with Crippen LogP contribution in [-0.4, -0.2) is 50.1 Å². The molecule has 1 atom stereocenters. The van der Waals surface area contributed by atoms with Gasteiger partial charge in [-0.15, -0.1) is 24.0 Å². The number of aliphatic imine (C=N–C) groups is 1. The highest BCUT2D eigenvalue weighted by molar-refractivity contribution is 14.0. The van der Waals surface area contributed by atoms with Gasteiger partial charge in [0.15, 0.2) is 5.96 Å². The number of aromatic nitrogens is 1. The lowest BCUT2D eigenvalue weighted by atomic mass is 9.99. The molecule has 0 amide bonds. The van der Waals surface area contributed by atoms with E-state index in [0.29, 0.717) is 5.92 Å². The number of guanidine groups is 1. The summed E-state index contributed by atoms with van der Waals surface area (Å²) >= 11 is 0. The number of pyridine rings is 1. The standard InChI is InChI=1S/C20H27N5.HI/c1-21-20(23-14-16-9-11-22-19(13-16)24(2)3)25-12-10-18(15-25)17-7-5-4-6-8-17;/h4-9,11,13,18H,10,12,14-15H2,1-3H3,(H,21,23);1H. The first-order valence-corrected chi connectivity index (χ1v) is 8.80. The number of hydrogen-bond acceptors (Lipinski definition) is 3. The van der Waals surface area contributed by atoms with Gasteiger partial charge in [0, 0.05) is 52.9 Å². The molecule has 26 heavy (non-hydrogen) atoms. The zero-order valence-electron chi connectivity index (χ0n) is 15.7. The van der Waals surface area contributed by atoms with Gasteiger partial charge in [0.1, 0.15) is 5.82 Å². The Morgan fingerprint density at radius 2 is 2.04 bits per heavy atom. The zero-order valence-corrected chi connectivity index (χ0v) is 18.1. The summed E-state index contributed by atoms with van der Waals surface area (Å²) in [6, 6.07) is 14.9. The number of rotatable bonds is 4. The average Bonchev–Trinajstić information content (AvgIpc) is 3.13. The third kappa shape index (κ3) is 5.09. The number of likely N-dealkylation sites (tertiary alicyclic amines) is 1. The van der Waals surface area contributed by atoms with Crippen LogP contribution in [-0.2, 0) is 6.54 Å². The van der Waals surface area contributed by atoms with Crippen molar-refractivity contribution in [2.24, 2.45) is 4.99 Å². The van der Waals surface area contributed by atoms with E-state index in [1.807, 2.05) is 38.3 Å². The van der Waals surface area contributed by atoms with Gasteiger partial charge >= 0.3 is 0 Å². The van der Waals surface area contributed by atoms with Crippen LogP contribution in [0.15, 0.2) is 53.7 Å². The van der Waals surface area contributed by atoms with Crippen LogP contribution in [0.5, 0.6) is 0 Å². The Morgan fingerprint density at radius 1 is 1.27 bits per heavy atom. The van der Waals surface area contributed by atoms with Crippen molar-refractivity contribution in [3.8, 4) is 0 Å². The van der Waals surface area contributed by atoms with E-state index in [-0.39, 0.29) is 24.0 Å². The van der Waals surface area contributed by atoms with Gasteiger partial charge in [-0.1, -0.05) is 30.3 Å². The highest BCUT2D eigenvalue weighted by Crippen LogP contribution is 2.26. The number of nitrogens with one attached hydrogen (secondary N) is 1. The minimum absolute atomic E-state index is 0. The molecule has 3 rings (SSSR count). The molecule has 1 saturated heterocycles. The maximum absolute atomic E-state index is 4.48. The van der Waals surface area contributed by atoms with Gasteiger partial charge in [-0.2, -0.15) is 0 Å². The first kappa shape index (κ1) is 20.5. The molecule has 0 aliphatic carbocycles. The van der Waals surface area contributed by atoms with Crippen molar-refractivity contribution >= 4 is 35.8 Å². The molecule has 6 heteroatoms.